The number of rotatable bonds is 6. The molecule has 5 aromatic rings. The average molecular weight is 492 g/mol. The van der Waals surface area contributed by atoms with Gasteiger partial charge in [0.25, 0.3) is 0 Å². The minimum absolute atomic E-state index is 0.661. The first-order valence-corrected chi connectivity index (χ1v) is 13.1. The van der Waals surface area contributed by atoms with Gasteiger partial charge in [-0.3, -0.25) is 0 Å². The van der Waals surface area contributed by atoms with Crippen molar-refractivity contribution in [3.8, 4) is 0 Å². The van der Waals surface area contributed by atoms with Gasteiger partial charge >= 0.3 is 0 Å². The summed E-state index contributed by atoms with van der Waals surface area (Å²) in [5.74, 6) is 0. The number of thiazole rings is 1. The molecule has 0 aliphatic heterocycles. The van der Waals surface area contributed by atoms with Crippen LogP contribution in [0, 0.1) is 27.7 Å². The summed E-state index contributed by atoms with van der Waals surface area (Å²) in [6.07, 6.45) is 2.17. The molecule has 0 saturated carbocycles. The molecule has 0 N–H and O–H groups in total. The van der Waals surface area contributed by atoms with Crippen LogP contribution in [0.3, 0.4) is 0 Å². The predicted molar refractivity (Wildman–Crippen MR) is 151 cm³/mol. The van der Waals surface area contributed by atoms with Gasteiger partial charge in [0.05, 0.1) is 27.3 Å². The van der Waals surface area contributed by atoms with Crippen molar-refractivity contribution in [1.82, 2.24) is 4.98 Å². The molecule has 5 rings (SSSR count). The number of hydrogen-bond acceptors (Lipinski definition) is 6. The summed E-state index contributed by atoms with van der Waals surface area (Å²) in [6, 6.07) is 21.0. The lowest BCUT2D eigenvalue weighted by Gasteiger charge is -2.08. The Kier molecular flexibility index (Phi) is 6.70. The van der Waals surface area contributed by atoms with Crippen LogP contribution in [0.2, 0.25) is 0 Å². The Balaban J connectivity index is 1.42. The van der Waals surface area contributed by atoms with Crippen LogP contribution in [0.25, 0.3) is 21.0 Å². The lowest BCUT2D eigenvalue weighted by Crippen LogP contribution is -1.86. The molecule has 0 spiro atoms. The van der Waals surface area contributed by atoms with Crippen LogP contribution < -0.4 is 0 Å². The second-order valence-corrected chi connectivity index (χ2v) is 10.3. The molecule has 0 atom stereocenters. The molecule has 4 aromatic carbocycles. The standard InChI is InChI=1S/C30H29N5S/c1-6-9-22-12-13-25(24-11-8-7-10-23(22)24)32-33-26-15-21(5)27(16-20(26)4)34-35-30-31-28-14-18(2)19(3)17-29(28)36-30/h7-8,10-17H,6,9H2,1-5H3. The van der Waals surface area contributed by atoms with E-state index >= 15 is 0 Å². The van der Waals surface area contributed by atoms with Crippen molar-refractivity contribution in [2.45, 2.75) is 47.5 Å². The summed E-state index contributed by atoms with van der Waals surface area (Å²) >= 11 is 1.56. The van der Waals surface area contributed by atoms with Crippen molar-refractivity contribution in [1.29, 1.82) is 0 Å². The van der Waals surface area contributed by atoms with Gasteiger partial charge in [0, 0.05) is 5.39 Å². The molecule has 1 heterocycles. The number of benzene rings is 4. The molecule has 0 unspecified atom stereocenters. The van der Waals surface area contributed by atoms with E-state index < -0.39 is 0 Å². The van der Waals surface area contributed by atoms with Crippen LogP contribution in [-0.2, 0) is 6.42 Å². The summed E-state index contributed by atoms with van der Waals surface area (Å²) in [5, 5.41) is 21.2. The number of aryl methyl sites for hydroxylation is 5. The van der Waals surface area contributed by atoms with Gasteiger partial charge in [-0.2, -0.15) is 5.11 Å². The largest absolute Gasteiger partial charge is 0.231 e. The number of aromatic nitrogens is 1. The van der Waals surface area contributed by atoms with Gasteiger partial charge in [-0.25, -0.2) is 4.98 Å². The number of azo groups is 2. The first-order valence-electron chi connectivity index (χ1n) is 12.3. The normalized spacial score (nSPS) is 12.0. The molecular formula is C30H29N5S. The van der Waals surface area contributed by atoms with Crippen molar-refractivity contribution < 1.29 is 0 Å². The van der Waals surface area contributed by atoms with Gasteiger partial charge in [0.1, 0.15) is 0 Å². The van der Waals surface area contributed by atoms with Crippen LogP contribution in [-0.4, -0.2) is 4.98 Å². The molecule has 0 amide bonds. The highest BCUT2D eigenvalue weighted by molar-refractivity contribution is 7.21. The monoisotopic (exact) mass is 491 g/mol. The summed E-state index contributed by atoms with van der Waals surface area (Å²) in [6.45, 7) is 10.5. The van der Waals surface area contributed by atoms with Gasteiger partial charge in [-0.1, -0.05) is 55.0 Å². The molecule has 5 nitrogen and oxygen atoms in total. The van der Waals surface area contributed by atoms with E-state index in [1.54, 1.807) is 11.3 Å². The SMILES string of the molecule is CCCc1ccc(N=Nc2cc(C)c(N=Nc3nc4cc(C)c(C)cc4s3)cc2C)c2ccccc12. The molecule has 0 fully saturated rings. The van der Waals surface area contributed by atoms with E-state index in [4.69, 9.17) is 0 Å². The fourth-order valence-corrected chi connectivity index (χ4v) is 5.20. The topological polar surface area (TPSA) is 62.3 Å². The van der Waals surface area contributed by atoms with Gasteiger partial charge in [-0.15, -0.1) is 15.3 Å². The van der Waals surface area contributed by atoms with Crippen LogP contribution >= 0.6 is 11.3 Å². The lowest BCUT2D eigenvalue weighted by molar-refractivity contribution is 0.929. The first-order chi connectivity index (χ1) is 17.4. The van der Waals surface area contributed by atoms with Crippen LogP contribution in [0.15, 0.2) is 81.1 Å². The van der Waals surface area contributed by atoms with Gasteiger partial charge < -0.3 is 0 Å². The third-order valence-electron chi connectivity index (χ3n) is 6.53. The van der Waals surface area contributed by atoms with Crippen LogP contribution in [0.4, 0.5) is 22.2 Å². The third-order valence-corrected chi connectivity index (χ3v) is 7.43. The second kappa shape index (κ2) is 10.1. The molecule has 0 aliphatic rings. The summed E-state index contributed by atoms with van der Waals surface area (Å²) in [5.41, 5.74) is 9.34. The molecule has 6 heteroatoms. The van der Waals surface area contributed by atoms with Crippen molar-refractivity contribution in [3.05, 3.63) is 88.5 Å². The van der Waals surface area contributed by atoms with E-state index in [1.807, 2.05) is 26.0 Å². The van der Waals surface area contributed by atoms with Gasteiger partial charge in [-0.05, 0) is 97.7 Å². The third kappa shape index (κ3) is 4.82. The maximum absolute atomic E-state index is 4.63. The molecule has 1 aromatic heterocycles. The maximum Gasteiger partial charge on any atom is 0.231 e. The number of fused-ring (bicyclic) bond motifs is 2. The Morgan fingerprint density at radius 1 is 0.667 bits per heavy atom. The molecule has 0 bridgehead atoms. The zero-order chi connectivity index (χ0) is 25.2. The van der Waals surface area contributed by atoms with Crippen molar-refractivity contribution >= 4 is 54.5 Å². The first kappa shape index (κ1) is 23.9. The van der Waals surface area contributed by atoms with E-state index in [0.717, 1.165) is 56.6 Å². The molecular weight excluding hydrogens is 462 g/mol. The van der Waals surface area contributed by atoms with Crippen molar-refractivity contribution in [3.63, 3.8) is 0 Å². The fourth-order valence-electron chi connectivity index (χ4n) is 4.34. The Morgan fingerprint density at radius 2 is 1.31 bits per heavy atom. The smallest absolute Gasteiger partial charge is 0.217 e. The van der Waals surface area contributed by atoms with E-state index in [9.17, 15) is 0 Å². The van der Waals surface area contributed by atoms with Gasteiger partial charge in [0.15, 0.2) is 0 Å². The Hall–Kier alpha value is -3.77. The quantitative estimate of drug-likeness (QED) is 0.218. The van der Waals surface area contributed by atoms with Crippen LogP contribution in [0.5, 0.6) is 0 Å². The Bertz CT molecular complexity index is 1610. The van der Waals surface area contributed by atoms with Crippen molar-refractivity contribution in [2.75, 3.05) is 0 Å². The van der Waals surface area contributed by atoms with E-state index in [0.29, 0.717) is 5.13 Å². The fraction of sp³-hybridized carbons (Fsp3) is 0.233. The second-order valence-electron chi connectivity index (χ2n) is 9.27. The zero-order valence-corrected chi connectivity index (χ0v) is 22.1. The highest BCUT2D eigenvalue weighted by Crippen LogP contribution is 2.35. The highest BCUT2D eigenvalue weighted by atomic mass is 32.1. The lowest BCUT2D eigenvalue weighted by atomic mass is 10.00. The Labute approximate surface area is 215 Å². The van der Waals surface area contributed by atoms with Gasteiger partial charge in [0.2, 0.25) is 5.13 Å². The average Bonchev–Trinajstić information content (AvgIpc) is 3.26. The molecule has 36 heavy (non-hydrogen) atoms. The van der Waals surface area contributed by atoms with E-state index in [-0.39, 0.29) is 0 Å². The number of nitrogens with zero attached hydrogens (tertiary/aromatic N) is 5. The zero-order valence-electron chi connectivity index (χ0n) is 21.3. The molecule has 0 radical (unpaired) electrons. The number of hydrogen-bond donors (Lipinski definition) is 0. The molecule has 180 valence electrons. The molecule has 0 aliphatic carbocycles. The molecule has 0 saturated heterocycles. The van der Waals surface area contributed by atoms with E-state index in [2.05, 4.69) is 94.7 Å². The minimum Gasteiger partial charge on any atom is -0.217 e. The summed E-state index contributed by atoms with van der Waals surface area (Å²) in [4.78, 5) is 4.63. The minimum atomic E-state index is 0.661. The van der Waals surface area contributed by atoms with Crippen molar-refractivity contribution in [2.24, 2.45) is 20.5 Å². The van der Waals surface area contributed by atoms with Crippen LogP contribution in [0.1, 0.15) is 41.2 Å². The summed E-state index contributed by atoms with van der Waals surface area (Å²) < 4.78 is 1.13. The van der Waals surface area contributed by atoms with E-state index in [1.165, 1.54) is 22.1 Å². The summed E-state index contributed by atoms with van der Waals surface area (Å²) in [7, 11) is 0. The Morgan fingerprint density at radius 3 is 2.03 bits per heavy atom. The predicted octanol–water partition coefficient (Wildman–Crippen LogP) is 10.5. The maximum atomic E-state index is 4.63. The highest BCUT2D eigenvalue weighted by Gasteiger charge is 2.09.